The number of rotatable bonds is 48. The predicted molar refractivity (Wildman–Crippen MR) is 295 cm³/mol. The van der Waals surface area contributed by atoms with Gasteiger partial charge in [0.05, 0.1) is 32.0 Å². The van der Waals surface area contributed by atoms with E-state index in [1.54, 1.807) is 6.08 Å². The highest BCUT2D eigenvalue weighted by molar-refractivity contribution is 5.76. The number of hydrogen-bond acceptors (Lipinski definition) is 13. The Hall–Kier alpha value is -1.79. The van der Waals surface area contributed by atoms with E-state index in [0.717, 1.165) is 44.9 Å². The molecule has 0 radical (unpaired) electrons. The zero-order valence-corrected chi connectivity index (χ0v) is 46.6. The van der Waals surface area contributed by atoms with E-state index in [1.165, 1.54) is 167 Å². The fraction of sp³-hybridized carbons (Fsp3) is 0.883. The van der Waals surface area contributed by atoms with Gasteiger partial charge in [0.2, 0.25) is 5.91 Å². The third-order valence-corrected chi connectivity index (χ3v) is 14.8. The van der Waals surface area contributed by atoms with E-state index in [0.29, 0.717) is 12.8 Å². The van der Waals surface area contributed by atoms with Gasteiger partial charge in [-0.05, 0) is 38.5 Å². The lowest BCUT2D eigenvalue weighted by atomic mass is 9.97. The lowest BCUT2D eigenvalue weighted by molar-refractivity contribution is -0.359. The summed E-state index contributed by atoms with van der Waals surface area (Å²) >= 11 is 0. The van der Waals surface area contributed by atoms with Gasteiger partial charge in [0.15, 0.2) is 12.6 Å². The van der Waals surface area contributed by atoms with Crippen molar-refractivity contribution in [3.63, 3.8) is 0 Å². The van der Waals surface area contributed by atoms with E-state index < -0.39 is 86.8 Å². The summed E-state index contributed by atoms with van der Waals surface area (Å²) in [5.74, 6) is -0.251. The third kappa shape index (κ3) is 31.6. The Kier molecular flexibility index (Phi) is 42.6. The van der Waals surface area contributed by atoms with Crippen LogP contribution in [-0.4, -0.2) is 140 Å². The molecule has 12 atom stereocenters. The van der Waals surface area contributed by atoms with Crippen molar-refractivity contribution in [1.82, 2.24) is 5.32 Å². The molecule has 2 saturated heterocycles. The average molecular weight is 1050 g/mol. The normalized spacial score (nSPS) is 25.4. The van der Waals surface area contributed by atoms with Crippen LogP contribution in [0.4, 0.5) is 0 Å². The Morgan fingerprint density at radius 2 is 0.865 bits per heavy atom. The standard InChI is InChI=1S/C60H111NO13/c1-3-5-7-9-11-13-15-17-18-19-20-21-22-23-24-25-26-27-28-29-30-31-32-34-36-38-40-42-44-52(65)61-48(49(64)43-41-39-37-35-33-16-14-12-10-8-6-4-2)47-71-59-57(70)55(68)58(51(46-63)73-59)74-60-56(69)54(67)53(66)50(45-62)72-60/h10,12,33,35,41,43,48-51,53-60,62-64,66-70H,3-9,11,13-32,34,36-40,42,44-47H2,1-2H3,(H,61,65)/b12-10+,35-33+,43-41+. The molecule has 1 amide bonds. The monoisotopic (exact) mass is 1050 g/mol. The van der Waals surface area contributed by atoms with Gasteiger partial charge in [-0.3, -0.25) is 4.79 Å². The first-order chi connectivity index (χ1) is 36.1. The van der Waals surface area contributed by atoms with Gasteiger partial charge in [-0.1, -0.05) is 237 Å². The molecule has 9 N–H and O–H groups in total. The fourth-order valence-corrected chi connectivity index (χ4v) is 9.90. The van der Waals surface area contributed by atoms with Crippen LogP contribution in [0.1, 0.15) is 245 Å². The number of carbonyl (C=O) groups is 1. The molecule has 2 fully saturated rings. The molecule has 0 aromatic carbocycles. The molecule has 2 aliphatic heterocycles. The van der Waals surface area contributed by atoms with Gasteiger partial charge in [0, 0.05) is 6.42 Å². The minimum atomic E-state index is -1.79. The number of ether oxygens (including phenoxy) is 4. The smallest absolute Gasteiger partial charge is 0.220 e. The first-order valence-electron chi connectivity index (χ1n) is 30.2. The summed E-state index contributed by atoms with van der Waals surface area (Å²) in [6.45, 7) is 2.73. The van der Waals surface area contributed by atoms with Crippen LogP contribution in [0.2, 0.25) is 0 Å². The van der Waals surface area contributed by atoms with Crippen molar-refractivity contribution in [1.29, 1.82) is 0 Å². The molecule has 0 aliphatic carbocycles. The van der Waals surface area contributed by atoms with Gasteiger partial charge in [0.25, 0.3) is 0 Å². The molecule has 14 heteroatoms. The van der Waals surface area contributed by atoms with Crippen molar-refractivity contribution in [2.75, 3.05) is 19.8 Å². The maximum Gasteiger partial charge on any atom is 0.220 e. The van der Waals surface area contributed by atoms with Crippen LogP contribution in [0, 0.1) is 0 Å². The van der Waals surface area contributed by atoms with E-state index >= 15 is 0 Å². The molecular weight excluding hydrogens is 943 g/mol. The molecule has 2 heterocycles. The molecule has 2 aliphatic rings. The fourth-order valence-electron chi connectivity index (χ4n) is 9.90. The van der Waals surface area contributed by atoms with E-state index in [2.05, 4.69) is 43.5 Å². The van der Waals surface area contributed by atoms with Crippen LogP contribution < -0.4 is 5.32 Å². The van der Waals surface area contributed by atoms with Crippen molar-refractivity contribution in [3.05, 3.63) is 36.5 Å². The number of amides is 1. The highest BCUT2D eigenvalue weighted by atomic mass is 16.7. The van der Waals surface area contributed by atoms with Gasteiger partial charge in [-0.15, -0.1) is 0 Å². The van der Waals surface area contributed by atoms with Gasteiger partial charge in [-0.25, -0.2) is 0 Å². The summed E-state index contributed by atoms with van der Waals surface area (Å²) in [5, 5.41) is 86.9. The molecule has 0 bridgehead atoms. The summed E-state index contributed by atoms with van der Waals surface area (Å²) in [5.41, 5.74) is 0. The largest absolute Gasteiger partial charge is 0.394 e. The Bertz CT molecular complexity index is 1380. The summed E-state index contributed by atoms with van der Waals surface area (Å²) < 4.78 is 22.7. The van der Waals surface area contributed by atoms with E-state index in [1.807, 2.05) is 6.08 Å². The Morgan fingerprint density at radius 1 is 0.473 bits per heavy atom. The van der Waals surface area contributed by atoms with Gasteiger partial charge in [0.1, 0.15) is 48.8 Å². The summed E-state index contributed by atoms with van der Waals surface area (Å²) in [6.07, 6.45) is 39.3. The van der Waals surface area contributed by atoms with Crippen LogP contribution in [0.25, 0.3) is 0 Å². The maximum atomic E-state index is 13.2. The zero-order valence-electron chi connectivity index (χ0n) is 46.6. The summed E-state index contributed by atoms with van der Waals surface area (Å²) in [6, 6.07) is -0.934. The average Bonchev–Trinajstić information content (AvgIpc) is 3.40. The molecule has 0 spiro atoms. The molecule has 12 unspecified atom stereocenters. The molecule has 2 rings (SSSR count). The van der Waals surface area contributed by atoms with Crippen LogP contribution in [0.15, 0.2) is 36.5 Å². The number of allylic oxidation sites excluding steroid dienone is 5. The second-order valence-electron chi connectivity index (χ2n) is 21.5. The number of unbranched alkanes of at least 4 members (excludes halogenated alkanes) is 31. The summed E-state index contributed by atoms with van der Waals surface area (Å²) in [7, 11) is 0. The molecule has 74 heavy (non-hydrogen) atoms. The van der Waals surface area contributed by atoms with Crippen molar-refractivity contribution >= 4 is 5.91 Å². The Balaban J connectivity index is 1.68. The van der Waals surface area contributed by atoms with Crippen molar-refractivity contribution in [2.45, 2.75) is 319 Å². The topological polar surface area (TPSA) is 228 Å². The number of hydrogen-bond donors (Lipinski definition) is 9. The Morgan fingerprint density at radius 3 is 1.31 bits per heavy atom. The van der Waals surface area contributed by atoms with E-state index in [-0.39, 0.29) is 18.9 Å². The lowest BCUT2D eigenvalue weighted by Crippen LogP contribution is -2.65. The van der Waals surface area contributed by atoms with E-state index in [9.17, 15) is 45.6 Å². The second kappa shape index (κ2) is 46.2. The lowest BCUT2D eigenvalue weighted by Gasteiger charge is -2.46. The number of aliphatic hydroxyl groups excluding tert-OH is 8. The van der Waals surface area contributed by atoms with Crippen LogP contribution >= 0.6 is 0 Å². The minimum absolute atomic E-state index is 0.251. The van der Waals surface area contributed by atoms with Gasteiger partial charge < -0.3 is 65.1 Å². The zero-order chi connectivity index (χ0) is 53.9. The third-order valence-electron chi connectivity index (χ3n) is 14.8. The molecule has 0 aromatic heterocycles. The second-order valence-corrected chi connectivity index (χ2v) is 21.5. The molecular formula is C60H111NO13. The first-order valence-corrected chi connectivity index (χ1v) is 30.2. The van der Waals surface area contributed by atoms with Gasteiger partial charge in [-0.2, -0.15) is 0 Å². The highest BCUT2D eigenvalue weighted by Crippen LogP contribution is 2.30. The first kappa shape index (κ1) is 68.3. The molecule has 0 saturated carbocycles. The van der Waals surface area contributed by atoms with Crippen molar-refractivity contribution in [3.8, 4) is 0 Å². The SMILES string of the molecule is CCCC/C=C/CC/C=C/CC/C=C/C(O)C(COC1OC(CO)C(OC2OC(CO)C(O)C(O)C2O)C(O)C1O)NC(=O)CCCCCCCCCCCCCCCCCCCCCCCCCCCCCC. The molecule has 0 aromatic rings. The number of aliphatic hydroxyl groups is 8. The van der Waals surface area contributed by atoms with Crippen LogP contribution in [0.3, 0.4) is 0 Å². The molecule has 434 valence electrons. The van der Waals surface area contributed by atoms with Crippen LogP contribution in [-0.2, 0) is 23.7 Å². The number of carbonyl (C=O) groups excluding carboxylic acids is 1. The van der Waals surface area contributed by atoms with E-state index in [4.69, 9.17) is 18.9 Å². The highest BCUT2D eigenvalue weighted by Gasteiger charge is 2.51. The van der Waals surface area contributed by atoms with Crippen LogP contribution in [0.5, 0.6) is 0 Å². The van der Waals surface area contributed by atoms with Gasteiger partial charge >= 0.3 is 0 Å². The predicted octanol–water partition coefficient (Wildman–Crippen LogP) is 10.2. The maximum absolute atomic E-state index is 13.2. The quantitative estimate of drug-likeness (QED) is 0.0204. The van der Waals surface area contributed by atoms with Crippen molar-refractivity contribution < 1.29 is 64.6 Å². The Labute approximate surface area is 449 Å². The minimum Gasteiger partial charge on any atom is -0.394 e. The summed E-state index contributed by atoms with van der Waals surface area (Å²) in [4.78, 5) is 13.2. The number of nitrogens with one attached hydrogen (secondary N) is 1. The molecule has 14 nitrogen and oxygen atoms in total. The van der Waals surface area contributed by atoms with Crippen molar-refractivity contribution in [2.24, 2.45) is 0 Å².